The maximum atomic E-state index is 10.8. The summed E-state index contributed by atoms with van der Waals surface area (Å²) < 4.78 is 5.92. The smallest absolute Gasteiger partial charge is 0.294 e. The molecular formula is C13H23BNO2P. The fourth-order valence-corrected chi connectivity index (χ4v) is 4.65. The fraction of sp³-hybridized carbons (Fsp3) is 0.769. The summed E-state index contributed by atoms with van der Waals surface area (Å²) in [4.78, 5) is 10.8. The second-order valence-electron chi connectivity index (χ2n) is 6.02. The van der Waals surface area contributed by atoms with Crippen LogP contribution in [0.1, 0.15) is 34.1 Å². The highest BCUT2D eigenvalue weighted by atomic mass is 31.0. The Kier molecular flexibility index (Phi) is 3.89. The maximum Gasteiger partial charge on any atom is 0.294 e. The zero-order valence-electron chi connectivity index (χ0n) is 11.7. The Morgan fingerprint density at radius 3 is 2.78 bits per heavy atom. The van der Waals surface area contributed by atoms with Gasteiger partial charge in [0.2, 0.25) is 5.91 Å². The van der Waals surface area contributed by atoms with E-state index in [1.54, 1.807) is 11.1 Å². The second kappa shape index (κ2) is 4.98. The number of carbonyl (C=O) groups excluding carboxylic acids is 1. The van der Waals surface area contributed by atoms with E-state index in [9.17, 15) is 4.79 Å². The summed E-state index contributed by atoms with van der Waals surface area (Å²) in [6.07, 6.45) is 2.01. The molecule has 0 aromatic rings. The number of rotatable bonds is 4. The molecule has 1 N–H and O–H groups in total. The molecule has 1 saturated carbocycles. The molecule has 0 heterocycles. The van der Waals surface area contributed by atoms with Crippen LogP contribution < -0.4 is 5.32 Å². The minimum atomic E-state index is 0.00667. The first-order valence-corrected chi connectivity index (χ1v) is 7.35. The monoisotopic (exact) mass is 267 g/mol. The van der Waals surface area contributed by atoms with Crippen molar-refractivity contribution < 1.29 is 9.45 Å². The predicted molar refractivity (Wildman–Crippen MR) is 78.8 cm³/mol. The van der Waals surface area contributed by atoms with Crippen LogP contribution in [0.3, 0.4) is 0 Å². The van der Waals surface area contributed by atoms with Gasteiger partial charge in [-0.1, -0.05) is 25.0 Å². The quantitative estimate of drug-likeness (QED) is 0.362. The van der Waals surface area contributed by atoms with Gasteiger partial charge in [0.15, 0.2) is 0 Å². The van der Waals surface area contributed by atoms with Gasteiger partial charge < -0.3 is 9.97 Å². The van der Waals surface area contributed by atoms with E-state index in [-0.39, 0.29) is 5.91 Å². The molecule has 0 spiro atoms. The number of hydrogen-bond donors (Lipinski definition) is 1. The lowest BCUT2D eigenvalue weighted by Crippen LogP contribution is -2.53. The molecule has 100 valence electrons. The molecule has 3 nitrogen and oxygen atoms in total. The minimum absolute atomic E-state index is 0.00667. The van der Waals surface area contributed by atoms with Gasteiger partial charge in [-0.05, 0) is 24.7 Å². The van der Waals surface area contributed by atoms with Gasteiger partial charge in [0.25, 0.3) is 7.48 Å². The van der Waals surface area contributed by atoms with Crippen molar-refractivity contribution in [1.29, 1.82) is 0 Å². The first-order valence-electron chi connectivity index (χ1n) is 6.68. The van der Waals surface area contributed by atoms with E-state index in [2.05, 4.69) is 35.3 Å². The molecule has 0 radical (unpaired) electrons. The molecule has 0 aromatic carbocycles. The van der Waals surface area contributed by atoms with Gasteiger partial charge in [0, 0.05) is 19.0 Å². The van der Waals surface area contributed by atoms with Crippen molar-refractivity contribution in [2.75, 3.05) is 6.44 Å². The van der Waals surface area contributed by atoms with Gasteiger partial charge in [0.1, 0.15) is 0 Å². The molecule has 0 aliphatic heterocycles. The van der Waals surface area contributed by atoms with Crippen molar-refractivity contribution in [3.05, 3.63) is 11.1 Å². The fourth-order valence-electron chi connectivity index (χ4n) is 3.68. The molecule has 0 saturated heterocycles. The van der Waals surface area contributed by atoms with E-state index in [0.29, 0.717) is 37.0 Å². The molecule has 2 unspecified atom stereocenters. The lowest BCUT2D eigenvalue weighted by Gasteiger charge is -2.57. The Morgan fingerprint density at radius 1 is 1.61 bits per heavy atom. The molecule has 3 rings (SSSR count). The van der Waals surface area contributed by atoms with E-state index in [1.807, 2.05) is 0 Å². The average Bonchev–Trinajstić information content (AvgIpc) is 2.25. The largest absolute Gasteiger partial charge is 0.434 e. The Morgan fingerprint density at radius 2 is 2.28 bits per heavy atom. The van der Waals surface area contributed by atoms with Gasteiger partial charge in [-0.25, -0.2) is 0 Å². The number of hydrogen-bond acceptors (Lipinski definition) is 2. The molecule has 18 heavy (non-hydrogen) atoms. The molecule has 5 heteroatoms. The third kappa shape index (κ3) is 2.25. The Labute approximate surface area is 113 Å². The summed E-state index contributed by atoms with van der Waals surface area (Å²) in [6, 6.07) is 0. The van der Waals surface area contributed by atoms with Gasteiger partial charge in [-0.3, -0.25) is 4.79 Å². The van der Waals surface area contributed by atoms with Gasteiger partial charge in [-0.2, -0.15) is 0 Å². The summed E-state index contributed by atoms with van der Waals surface area (Å²) in [7, 11) is 3.55. The Hall–Kier alpha value is -0.335. The lowest BCUT2D eigenvalue weighted by molar-refractivity contribution is -0.118. The summed E-state index contributed by atoms with van der Waals surface area (Å²) in [6.45, 7) is 8.47. The number of carbonyl (C=O) groups is 1. The van der Waals surface area contributed by atoms with Crippen LogP contribution in [0.25, 0.3) is 0 Å². The van der Waals surface area contributed by atoms with Crippen molar-refractivity contribution in [2.45, 2.75) is 45.9 Å². The molecule has 3 aliphatic rings. The molecule has 1 amide bonds. The van der Waals surface area contributed by atoms with Crippen LogP contribution in [0.4, 0.5) is 0 Å². The van der Waals surface area contributed by atoms with E-state index in [0.717, 1.165) is 6.42 Å². The zero-order chi connectivity index (χ0) is 13.5. The van der Waals surface area contributed by atoms with Gasteiger partial charge in [0.05, 0.1) is 6.10 Å². The lowest BCUT2D eigenvalue weighted by atomic mass is 9.51. The first-order chi connectivity index (χ1) is 8.35. The molecular weight excluding hydrogens is 244 g/mol. The second-order valence-corrected chi connectivity index (χ2v) is 6.74. The highest BCUT2D eigenvalue weighted by molar-refractivity contribution is 7.18. The first kappa shape index (κ1) is 14.1. The number of fused-ring (bicyclic) bond motifs is 2. The SMILES string of the molecule is CC(=O)NCBO[C@@H]1C[C@@H]2C(C)=C(C1P)C2(C)C. The summed E-state index contributed by atoms with van der Waals surface area (Å²) in [5.74, 6) is 0.683. The molecule has 1 fully saturated rings. The van der Waals surface area contributed by atoms with E-state index in [1.165, 1.54) is 6.92 Å². The topological polar surface area (TPSA) is 38.3 Å². The third-order valence-corrected chi connectivity index (χ3v) is 5.29. The standard InChI is InChI=1S/C13H23BNO2P/c1-7-9-5-10(17-14-6-15-8(2)16)12(18)11(7)13(9,3)4/h9-10,12,14H,5-6,18H2,1-4H3,(H,15,16)/t9-,10-,12?/m1/s1. The van der Waals surface area contributed by atoms with Crippen LogP contribution in [-0.4, -0.2) is 31.6 Å². The summed E-state index contributed by atoms with van der Waals surface area (Å²) in [5.41, 5.74) is 3.92. The van der Waals surface area contributed by atoms with E-state index < -0.39 is 0 Å². The van der Waals surface area contributed by atoms with Crippen molar-refractivity contribution in [2.24, 2.45) is 11.3 Å². The molecule has 0 aromatic heterocycles. The van der Waals surface area contributed by atoms with Crippen molar-refractivity contribution >= 4 is 22.6 Å². The van der Waals surface area contributed by atoms with Crippen LogP contribution in [-0.2, 0) is 9.45 Å². The Bertz CT molecular complexity index is 394. The van der Waals surface area contributed by atoms with Gasteiger partial charge >= 0.3 is 0 Å². The third-order valence-electron chi connectivity index (χ3n) is 4.52. The van der Waals surface area contributed by atoms with Crippen LogP contribution in [0, 0.1) is 11.3 Å². The number of allylic oxidation sites excluding steroid dienone is 1. The normalized spacial score (nSPS) is 32.8. The van der Waals surface area contributed by atoms with Crippen LogP contribution in [0.5, 0.6) is 0 Å². The predicted octanol–water partition coefficient (Wildman–Crippen LogP) is 1.44. The molecule has 2 bridgehead atoms. The van der Waals surface area contributed by atoms with Crippen LogP contribution >= 0.6 is 9.24 Å². The van der Waals surface area contributed by atoms with Crippen molar-refractivity contribution in [3.8, 4) is 0 Å². The summed E-state index contributed by atoms with van der Waals surface area (Å²) in [5, 5.41) is 2.76. The van der Waals surface area contributed by atoms with Crippen molar-refractivity contribution in [3.63, 3.8) is 0 Å². The van der Waals surface area contributed by atoms with Crippen LogP contribution in [0.15, 0.2) is 11.1 Å². The highest BCUT2D eigenvalue weighted by Crippen LogP contribution is 2.60. The number of nitrogens with one attached hydrogen (secondary N) is 1. The Balaban J connectivity index is 1.87. The van der Waals surface area contributed by atoms with E-state index in [4.69, 9.17) is 4.65 Å². The molecule has 3 aliphatic carbocycles. The van der Waals surface area contributed by atoms with E-state index >= 15 is 0 Å². The average molecular weight is 267 g/mol. The maximum absolute atomic E-state index is 10.8. The molecule has 4 atom stereocenters. The highest BCUT2D eigenvalue weighted by Gasteiger charge is 2.53. The van der Waals surface area contributed by atoms with Gasteiger partial charge in [-0.15, -0.1) is 9.24 Å². The van der Waals surface area contributed by atoms with Crippen molar-refractivity contribution in [1.82, 2.24) is 5.32 Å². The number of amides is 1. The summed E-state index contributed by atoms with van der Waals surface area (Å²) >= 11 is 0. The zero-order valence-corrected chi connectivity index (χ0v) is 12.9. The van der Waals surface area contributed by atoms with Crippen LogP contribution in [0.2, 0.25) is 0 Å². The minimum Gasteiger partial charge on any atom is -0.434 e.